The van der Waals surface area contributed by atoms with Crippen molar-refractivity contribution >= 4 is 59.4 Å². The summed E-state index contributed by atoms with van der Waals surface area (Å²) in [7, 11) is -2.61. The van der Waals surface area contributed by atoms with Crippen LogP contribution in [0.25, 0.3) is 0 Å². The Kier molecular flexibility index (Phi) is 10.4. The van der Waals surface area contributed by atoms with Crippen LogP contribution in [0.5, 0.6) is 0 Å². The van der Waals surface area contributed by atoms with Crippen molar-refractivity contribution in [3.05, 3.63) is 129 Å². The highest BCUT2D eigenvalue weighted by Gasteiger charge is 2.34. The fourth-order valence-electron chi connectivity index (χ4n) is 4.39. The Morgan fingerprint density at radius 1 is 0.780 bits per heavy atom. The summed E-state index contributed by atoms with van der Waals surface area (Å²) in [6.45, 7) is -0.402. The van der Waals surface area contributed by atoms with Gasteiger partial charge in [-0.15, -0.1) is 0 Å². The number of carbonyl (C=O) groups is 2. The molecule has 0 saturated heterocycles. The predicted molar refractivity (Wildman–Crippen MR) is 168 cm³/mol. The van der Waals surface area contributed by atoms with E-state index in [0.717, 1.165) is 19.9 Å². The topological polar surface area (TPSA) is 86.8 Å². The van der Waals surface area contributed by atoms with Crippen molar-refractivity contribution in [2.24, 2.45) is 0 Å². The standard InChI is InChI=1S/C31H29Br2N3O4S/c1-34-31(38)29(19-23-9-4-2-5-10-23)35(21-24-15-17-25(32)18-16-24)30(37)22-36(27-12-8-11-26(33)20-27)41(39,40)28-13-6-3-7-14-28/h2-18,20,29H,19,21-22H2,1H3,(H,34,38)/t29-/m0/s1. The van der Waals surface area contributed by atoms with Gasteiger partial charge in [-0.1, -0.05) is 98.6 Å². The summed E-state index contributed by atoms with van der Waals surface area (Å²) in [5.41, 5.74) is 1.98. The highest BCUT2D eigenvalue weighted by molar-refractivity contribution is 9.10. The molecule has 0 heterocycles. The van der Waals surface area contributed by atoms with E-state index in [1.165, 1.54) is 24.1 Å². The Balaban J connectivity index is 1.78. The maximum absolute atomic E-state index is 14.2. The molecule has 0 unspecified atom stereocenters. The van der Waals surface area contributed by atoms with Crippen molar-refractivity contribution in [2.45, 2.75) is 23.9 Å². The van der Waals surface area contributed by atoms with Crippen LogP contribution in [-0.2, 0) is 32.6 Å². The second-order valence-corrected chi connectivity index (χ2v) is 13.0. The van der Waals surface area contributed by atoms with Gasteiger partial charge in [0.05, 0.1) is 10.6 Å². The third kappa shape index (κ3) is 7.84. The van der Waals surface area contributed by atoms with Crippen molar-refractivity contribution in [3.8, 4) is 0 Å². The Labute approximate surface area is 257 Å². The number of hydrogen-bond acceptors (Lipinski definition) is 4. The van der Waals surface area contributed by atoms with Gasteiger partial charge >= 0.3 is 0 Å². The van der Waals surface area contributed by atoms with E-state index in [1.54, 1.807) is 42.5 Å². The van der Waals surface area contributed by atoms with Gasteiger partial charge in [0.15, 0.2) is 0 Å². The maximum atomic E-state index is 14.2. The van der Waals surface area contributed by atoms with Gasteiger partial charge in [0, 0.05) is 29.0 Å². The van der Waals surface area contributed by atoms with Gasteiger partial charge in [-0.25, -0.2) is 8.42 Å². The quantitative estimate of drug-likeness (QED) is 0.215. The van der Waals surface area contributed by atoms with E-state index >= 15 is 0 Å². The minimum Gasteiger partial charge on any atom is -0.357 e. The minimum atomic E-state index is -4.13. The third-order valence-corrected chi connectivity index (χ3v) is 9.30. The first-order valence-electron chi connectivity index (χ1n) is 12.8. The molecule has 4 aromatic rings. The van der Waals surface area contributed by atoms with E-state index < -0.39 is 28.5 Å². The third-order valence-electron chi connectivity index (χ3n) is 6.49. The number of amides is 2. The van der Waals surface area contributed by atoms with Crippen molar-refractivity contribution in [3.63, 3.8) is 0 Å². The molecule has 41 heavy (non-hydrogen) atoms. The lowest BCUT2D eigenvalue weighted by molar-refractivity contribution is -0.139. The molecule has 1 N–H and O–H groups in total. The Morgan fingerprint density at radius 2 is 1.41 bits per heavy atom. The van der Waals surface area contributed by atoms with Crippen LogP contribution in [0.3, 0.4) is 0 Å². The van der Waals surface area contributed by atoms with Crippen LogP contribution in [0.4, 0.5) is 5.69 Å². The van der Waals surface area contributed by atoms with Crippen molar-refractivity contribution in [2.75, 3.05) is 17.9 Å². The van der Waals surface area contributed by atoms with Crippen molar-refractivity contribution in [1.82, 2.24) is 10.2 Å². The van der Waals surface area contributed by atoms with Gasteiger partial charge in [-0.05, 0) is 53.6 Å². The molecule has 0 aromatic heterocycles. The Hall–Kier alpha value is -3.47. The predicted octanol–water partition coefficient (Wildman–Crippen LogP) is 5.79. The van der Waals surface area contributed by atoms with Crippen LogP contribution < -0.4 is 9.62 Å². The van der Waals surface area contributed by atoms with Crippen LogP contribution in [0.2, 0.25) is 0 Å². The molecule has 0 fully saturated rings. The molecule has 0 spiro atoms. The van der Waals surface area contributed by atoms with Crippen LogP contribution >= 0.6 is 31.9 Å². The number of sulfonamides is 1. The van der Waals surface area contributed by atoms with Gasteiger partial charge in [0.2, 0.25) is 11.8 Å². The molecular weight excluding hydrogens is 670 g/mol. The molecule has 0 aliphatic heterocycles. The smallest absolute Gasteiger partial charge is 0.264 e. The monoisotopic (exact) mass is 697 g/mol. The molecule has 0 saturated carbocycles. The molecule has 0 aliphatic carbocycles. The van der Waals surface area contributed by atoms with Crippen molar-refractivity contribution < 1.29 is 18.0 Å². The summed E-state index contributed by atoms with van der Waals surface area (Å²) in [4.78, 5) is 29.0. The zero-order valence-corrected chi connectivity index (χ0v) is 26.3. The number of rotatable bonds is 11. The number of anilines is 1. The van der Waals surface area contributed by atoms with Crippen LogP contribution in [0.1, 0.15) is 11.1 Å². The molecule has 2 amide bonds. The molecule has 10 heteroatoms. The molecule has 4 rings (SSSR count). The number of likely N-dealkylation sites (N-methyl/N-ethyl adjacent to an activating group) is 1. The average molecular weight is 699 g/mol. The summed E-state index contributed by atoms with van der Waals surface area (Å²) in [6.07, 6.45) is 0.255. The number of halogens is 2. The van der Waals surface area contributed by atoms with Crippen LogP contribution in [0.15, 0.2) is 123 Å². The summed E-state index contributed by atoms with van der Waals surface area (Å²) in [6, 6.07) is 30.7. The van der Waals surface area contributed by atoms with E-state index in [4.69, 9.17) is 0 Å². The fraction of sp³-hybridized carbons (Fsp3) is 0.161. The normalized spacial score (nSPS) is 11.9. The van der Waals surface area contributed by atoms with Gasteiger partial charge < -0.3 is 10.2 Å². The first kappa shape index (κ1) is 30.5. The molecule has 1 atom stereocenters. The summed E-state index contributed by atoms with van der Waals surface area (Å²) in [5, 5.41) is 2.69. The van der Waals surface area contributed by atoms with E-state index in [-0.39, 0.29) is 23.8 Å². The number of nitrogens with one attached hydrogen (secondary N) is 1. The molecule has 4 aromatic carbocycles. The van der Waals surface area contributed by atoms with E-state index in [0.29, 0.717) is 10.2 Å². The van der Waals surface area contributed by atoms with Crippen LogP contribution in [0, 0.1) is 0 Å². The average Bonchev–Trinajstić information content (AvgIpc) is 2.99. The second kappa shape index (κ2) is 13.9. The van der Waals surface area contributed by atoms with Gasteiger partial charge in [0.25, 0.3) is 10.0 Å². The molecule has 212 valence electrons. The molecule has 0 radical (unpaired) electrons. The van der Waals surface area contributed by atoms with E-state index in [9.17, 15) is 18.0 Å². The van der Waals surface area contributed by atoms with Gasteiger partial charge in [-0.2, -0.15) is 0 Å². The second-order valence-electron chi connectivity index (χ2n) is 9.27. The maximum Gasteiger partial charge on any atom is 0.264 e. The van der Waals surface area contributed by atoms with Gasteiger partial charge in [-0.3, -0.25) is 13.9 Å². The minimum absolute atomic E-state index is 0.0550. The summed E-state index contributed by atoms with van der Waals surface area (Å²) in [5.74, 6) is -0.865. The highest BCUT2D eigenvalue weighted by Crippen LogP contribution is 2.27. The zero-order chi connectivity index (χ0) is 29.4. The highest BCUT2D eigenvalue weighted by atomic mass is 79.9. The first-order valence-corrected chi connectivity index (χ1v) is 15.8. The Bertz CT molecular complexity index is 1580. The van der Waals surface area contributed by atoms with Gasteiger partial charge in [0.1, 0.15) is 12.6 Å². The molecule has 0 bridgehead atoms. The SMILES string of the molecule is CNC(=O)[C@H](Cc1ccccc1)N(Cc1ccc(Br)cc1)C(=O)CN(c1cccc(Br)c1)S(=O)(=O)c1ccccc1. The van der Waals surface area contributed by atoms with E-state index in [1.807, 2.05) is 54.6 Å². The van der Waals surface area contributed by atoms with Crippen molar-refractivity contribution in [1.29, 1.82) is 0 Å². The molecule has 0 aliphatic rings. The number of hydrogen-bond donors (Lipinski definition) is 1. The van der Waals surface area contributed by atoms with Crippen LogP contribution in [-0.4, -0.2) is 44.8 Å². The number of carbonyl (C=O) groups excluding carboxylic acids is 2. The van der Waals surface area contributed by atoms with E-state index in [2.05, 4.69) is 37.2 Å². The summed E-state index contributed by atoms with van der Waals surface area (Å²) >= 11 is 6.85. The fourth-order valence-corrected chi connectivity index (χ4v) is 6.47. The lowest BCUT2D eigenvalue weighted by Crippen LogP contribution is -2.53. The lowest BCUT2D eigenvalue weighted by atomic mass is 10.0. The summed E-state index contributed by atoms with van der Waals surface area (Å²) < 4.78 is 30.4. The lowest BCUT2D eigenvalue weighted by Gasteiger charge is -2.33. The Morgan fingerprint density at radius 3 is 2.02 bits per heavy atom. The largest absolute Gasteiger partial charge is 0.357 e. The number of nitrogens with zero attached hydrogens (tertiary/aromatic N) is 2. The first-order chi connectivity index (χ1) is 19.7. The zero-order valence-electron chi connectivity index (χ0n) is 22.3. The number of benzene rings is 4. The molecule has 7 nitrogen and oxygen atoms in total. The molecular formula is C31H29Br2N3O4S.